The molecule has 4 unspecified atom stereocenters. The minimum Gasteiger partial charge on any atom is -0.465 e. The Morgan fingerprint density at radius 2 is 1.26 bits per heavy atom. The standard InChI is InChI=1S/C21H15ClOS.C20H13ClO3S.H5P3.H4P2/c1-21(2)15-9-8-14-13-5-3-4-6-18(13)24-20(14)19(15)23-17-10-7-12(22)11-16(17)21;1-23-20(22)15-11-12(21)9-10-16(15)24-17-7-4-6-14-13-5-2-3-8-18(13)25-19(14)17;1-3-2;1-2/h3-11H,1-2H3;2-11H,1H3;3H,1-2H2;1-2H2. The molecule has 6 aromatic carbocycles. The first-order valence-corrected chi connectivity index (χ1v) is 26.2. The minimum absolute atomic E-state index is 0.141. The predicted octanol–water partition coefficient (Wildman–Crippen LogP) is 15.3. The number of halogens is 2. The van der Waals surface area contributed by atoms with Gasteiger partial charge in [0.1, 0.15) is 28.6 Å². The molecule has 0 saturated heterocycles. The smallest absolute Gasteiger partial charge is 0.341 e. The SMILES string of the molecule is CC1(C)c2cc(Cl)ccc2Oc2c1ccc1c2sc2ccccc21.COC(=O)c1cc(Cl)ccc1Oc1cccc2c1sc1ccccc12.PP.PPP. The van der Waals surface area contributed by atoms with Crippen molar-refractivity contribution in [3.63, 3.8) is 0 Å². The zero-order chi connectivity index (χ0) is 38.6. The predicted molar refractivity (Wildman–Crippen MR) is 252 cm³/mol. The molecule has 2 aromatic heterocycles. The molecule has 1 aliphatic rings. The highest BCUT2D eigenvalue weighted by molar-refractivity contribution is 8.33. The lowest BCUT2D eigenvalue weighted by atomic mass is 9.75. The molecule has 4 atom stereocenters. The zero-order valence-electron chi connectivity index (χ0n) is 29.5. The van der Waals surface area contributed by atoms with Crippen LogP contribution in [0.2, 0.25) is 10.0 Å². The van der Waals surface area contributed by atoms with Crippen molar-refractivity contribution in [2.75, 3.05) is 7.11 Å². The Balaban J connectivity index is 0.000000165. The van der Waals surface area contributed by atoms with Crippen LogP contribution in [0.4, 0.5) is 0 Å². The monoisotopic (exact) mass is 882 g/mol. The molecule has 276 valence electrons. The van der Waals surface area contributed by atoms with Gasteiger partial charge in [0.2, 0.25) is 0 Å². The van der Waals surface area contributed by atoms with Gasteiger partial charge >= 0.3 is 5.97 Å². The summed E-state index contributed by atoms with van der Waals surface area (Å²) in [5, 5.41) is 6.08. The molecular weight excluding hydrogens is 846 g/mol. The number of carbonyl (C=O) groups is 1. The van der Waals surface area contributed by atoms with Crippen LogP contribution in [0.5, 0.6) is 23.0 Å². The summed E-state index contributed by atoms with van der Waals surface area (Å²) in [5.74, 6) is 2.53. The molecule has 8 aromatic rings. The van der Waals surface area contributed by atoms with Gasteiger partial charge in [-0.15, -0.1) is 58.4 Å². The number of hydrogen-bond donors (Lipinski definition) is 0. The second-order valence-corrected chi connectivity index (χ2v) is 19.7. The third kappa shape index (κ3) is 8.31. The molecule has 54 heavy (non-hydrogen) atoms. The third-order valence-electron chi connectivity index (χ3n) is 8.94. The van der Waals surface area contributed by atoms with Crippen LogP contribution in [-0.4, -0.2) is 13.1 Å². The molecule has 9 rings (SSSR count). The first kappa shape index (κ1) is 41.2. The quantitative estimate of drug-likeness (QED) is 0.131. The fourth-order valence-electron chi connectivity index (χ4n) is 6.47. The topological polar surface area (TPSA) is 44.8 Å². The first-order valence-electron chi connectivity index (χ1n) is 16.5. The summed E-state index contributed by atoms with van der Waals surface area (Å²) in [6, 6.07) is 37.9. The van der Waals surface area contributed by atoms with E-state index in [1.807, 2.05) is 42.5 Å². The molecule has 0 amide bonds. The molecule has 0 radical (unpaired) electrons. The summed E-state index contributed by atoms with van der Waals surface area (Å²) in [5.41, 5.74) is 2.52. The van der Waals surface area contributed by atoms with Gasteiger partial charge in [-0.2, -0.15) is 0 Å². The average molecular weight is 884 g/mol. The van der Waals surface area contributed by atoms with Crippen molar-refractivity contribution in [3.05, 3.63) is 142 Å². The number of benzene rings is 6. The highest BCUT2D eigenvalue weighted by Gasteiger charge is 2.36. The molecule has 4 nitrogen and oxygen atoms in total. The number of methoxy groups -OCH3 is 1. The summed E-state index contributed by atoms with van der Waals surface area (Å²) < 4.78 is 22.0. The van der Waals surface area contributed by atoms with E-state index >= 15 is 0 Å². The zero-order valence-corrected chi connectivity index (χ0v) is 38.2. The molecule has 1 aliphatic heterocycles. The lowest BCUT2D eigenvalue weighted by Crippen LogP contribution is -2.24. The van der Waals surface area contributed by atoms with Gasteiger partial charge in [0.15, 0.2) is 0 Å². The highest BCUT2D eigenvalue weighted by atomic mass is 35.5. The van der Waals surface area contributed by atoms with Gasteiger partial charge in [-0.3, -0.25) is 0 Å². The van der Waals surface area contributed by atoms with Crippen LogP contribution < -0.4 is 9.47 Å². The van der Waals surface area contributed by atoms with E-state index in [1.165, 1.54) is 42.9 Å². The maximum absolute atomic E-state index is 12.0. The Morgan fingerprint density at radius 1 is 0.685 bits per heavy atom. The lowest BCUT2D eigenvalue weighted by Gasteiger charge is -2.34. The lowest BCUT2D eigenvalue weighted by molar-refractivity contribution is 0.0598. The van der Waals surface area contributed by atoms with Crippen LogP contribution in [0, 0.1) is 0 Å². The van der Waals surface area contributed by atoms with Crippen molar-refractivity contribution in [1.82, 2.24) is 0 Å². The van der Waals surface area contributed by atoms with E-state index in [-0.39, 0.29) is 5.41 Å². The van der Waals surface area contributed by atoms with Crippen molar-refractivity contribution in [3.8, 4) is 23.0 Å². The number of fused-ring (bicyclic) bond motifs is 9. The van der Waals surface area contributed by atoms with Gasteiger partial charge in [0.25, 0.3) is 0 Å². The van der Waals surface area contributed by atoms with E-state index in [0.29, 0.717) is 22.1 Å². The summed E-state index contributed by atoms with van der Waals surface area (Å²) in [4.78, 5) is 12.0. The second kappa shape index (κ2) is 18.2. The maximum Gasteiger partial charge on any atom is 0.341 e. The molecule has 13 heteroatoms. The van der Waals surface area contributed by atoms with E-state index in [2.05, 4.69) is 104 Å². The Hall–Kier alpha value is -2.44. The molecule has 0 saturated carbocycles. The number of esters is 1. The van der Waals surface area contributed by atoms with Gasteiger partial charge in [-0.1, -0.05) is 106 Å². The molecule has 0 N–H and O–H groups in total. The minimum atomic E-state index is -0.485. The average Bonchev–Trinajstić information content (AvgIpc) is 3.77. The number of ether oxygens (including phenoxy) is 3. The molecular formula is C41H37Cl2O4P5S2. The normalized spacial score (nSPS) is 12.2. The van der Waals surface area contributed by atoms with Gasteiger partial charge in [0, 0.05) is 57.5 Å². The van der Waals surface area contributed by atoms with Crippen molar-refractivity contribution < 1.29 is 19.0 Å². The fraction of sp³-hybridized carbons (Fsp3) is 0.0976. The Labute approximate surface area is 343 Å². The molecule has 0 fully saturated rings. The number of carbonyl (C=O) groups excluding carboxylic acids is 1. The van der Waals surface area contributed by atoms with Crippen molar-refractivity contribution >= 4 is 136 Å². The second-order valence-electron chi connectivity index (χ2n) is 12.4. The summed E-state index contributed by atoms with van der Waals surface area (Å²) in [6.07, 6.45) is 0. The maximum atomic E-state index is 12.0. The van der Waals surface area contributed by atoms with E-state index in [9.17, 15) is 4.79 Å². The number of rotatable bonds is 3. The van der Waals surface area contributed by atoms with Gasteiger partial charge in [-0.25, -0.2) is 4.79 Å². The summed E-state index contributed by atoms with van der Waals surface area (Å²) >= 11 is 15.7. The van der Waals surface area contributed by atoms with Gasteiger partial charge < -0.3 is 14.2 Å². The number of thiophene rings is 2. The molecule has 0 spiro atoms. The van der Waals surface area contributed by atoms with Crippen molar-refractivity contribution in [2.45, 2.75) is 19.3 Å². The number of hydrogen-bond acceptors (Lipinski definition) is 6. The Morgan fingerprint density at radius 3 is 1.93 bits per heavy atom. The highest BCUT2D eigenvalue weighted by Crippen LogP contribution is 2.53. The summed E-state index contributed by atoms with van der Waals surface area (Å²) in [7, 11) is 12.1. The summed E-state index contributed by atoms with van der Waals surface area (Å²) in [6.45, 7) is 4.48. The van der Waals surface area contributed by atoms with Crippen LogP contribution in [0.1, 0.15) is 35.3 Å². The van der Waals surface area contributed by atoms with Crippen LogP contribution in [-0.2, 0) is 10.2 Å². The van der Waals surface area contributed by atoms with Crippen LogP contribution in [0.3, 0.4) is 0 Å². The van der Waals surface area contributed by atoms with Crippen LogP contribution >= 0.6 is 89.5 Å². The Bertz CT molecular complexity index is 2630. The Kier molecular flexibility index (Phi) is 13.9. The van der Waals surface area contributed by atoms with E-state index in [0.717, 1.165) is 40.1 Å². The van der Waals surface area contributed by atoms with Gasteiger partial charge in [-0.05, 0) is 54.6 Å². The van der Waals surface area contributed by atoms with Crippen molar-refractivity contribution in [1.29, 1.82) is 0 Å². The molecule has 3 heterocycles. The largest absolute Gasteiger partial charge is 0.465 e. The first-order chi connectivity index (χ1) is 26.1. The van der Waals surface area contributed by atoms with Crippen LogP contribution in [0.15, 0.2) is 115 Å². The third-order valence-corrected chi connectivity index (χ3v) is 11.8. The van der Waals surface area contributed by atoms with Crippen LogP contribution in [0.25, 0.3) is 40.3 Å². The van der Waals surface area contributed by atoms with Gasteiger partial charge in [0.05, 0.1) is 16.5 Å². The van der Waals surface area contributed by atoms with E-state index in [1.54, 1.807) is 40.9 Å². The van der Waals surface area contributed by atoms with Crippen molar-refractivity contribution in [2.24, 2.45) is 0 Å². The van der Waals surface area contributed by atoms with E-state index in [4.69, 9.17) is 37.4 Å². The molecule has 0 aliphatic carbocycles. The van der Waals surface area contributed by atoms with E-state index < -0.39 is 5.97 Å². The fourth-order valence-corrected chi connectivity index (χ4v) is 9.16. The molecule has 0 bridgehead atoms.